The first-order chi connectivity index (χ1) is 13.7. The van der Waals surface area contributed by atoms with E-state index in [1.165, 1.54) is 0 Å². The molecule has 1 aliphatic heterocycles. The highest BCUT2D eigenvalue weighted by Gasteiger charge is 2.22. The molecule has 3 aromatic rings. The van der Waals surface area contributed by atoms with Gasteiger partial charge >= 0.3 is 0 Å². The molecule has 146 valence electrons. The number of pyridine rings is 1. The summed E-state index contributed by atoms with van der Waals surface area (Å²) in [6, 6.07) is 14.1. The number of guanidine groups is 1. The number of aromatic nitrogens is 2. The van der Waals surface area contributed by atoms with Crippen LogP contribution >= 0.6 is 15.9 Å². The van der Waals surface area contributed by atoms with Crippen molar-refractivity contribution < 1.29 is 4.74 Å². The first-order valence-electron chi connectivity index (χ1n) is 9.52. The summed E-state index contributed by atoms with van der Waals surface area (Å²) < 4.78 is 9.15. The minimum absolute atomic E-state index is 0.258. The molecular weight excluding hydrogens is 418 g/mol. The fourth-order valence-corrected chi connectivity index (χ4v) is 3.83. The Labute approximate surface area is 173 Å². The summed E-state index contributed by atoms with van der Waals surface area (Å²) >= 11 is 3.49. The van der Waals surface area contributed by atoms with Crippen molar-refractivity contribution in [1.82, 2.24) is 19.6 Å². The van der Waals surface area contributed by atoms with E-state index in [2.05, 4.69) is 36.1 Å². The van der Waals surface area contributed by atoms with Gasteiger partial charge in [-0.15, -0.1) is 0 Å². The van der Waals surface area contributed by atoms with E-state index >= 15 is 0 Å². The summed E-state index contributed by atoms with van der Waals surface area (Å²) in [5.41, 5.74) is 1.93. The molecule has 0 aliphatic carbocycles. The summed E-state index contributed by atoms with van der Waals surface area (Å²) in [6.45, 7) is 2.50. The van der Waals surface area contributed by atoms with Crippen LogP contribution in [0, 0.1) is 0 Å². The topological polar surface area (TPSA) is 54.2 Å². The number of likely N-dealkylation sites (tertiary alicyclic amines) is 1. The molecule has 0 saturated carbocycles. The predicted molar refractivity (Wildman–Crippen MR) is 115 cm³/mol. The van der Waals surface area contributed by atoms with Gasteiger partial charge in [-0.2, -0.15) is 0 Å². The van der Waals surface area contributed by atoms with E-state index in [0.717, 1.165) is 53.5 Å². The predicted octanol–water partition coefficient (Wildman–Crippen LogP) is 3.72. The highest BCUT2D eigenvalue weighted by molar-refractivity contribution is 9.10. The quantitative estimate of drug-likeness (QED) is 0.495. The van der Waals surface area contributed by atoms with Gasteiger partial charge in [0, 0.05) is 49.8 Å². The average Bonchev–Trinajstić information content (AvgIpc) is 3.12. The lowest BCUT2D eigenvalue weighted by Gasteiger charge is -2.34. The minimum atomic E-state index is 0.258. The second-order valence-corrected chi connectivity index (χ2v) is 7.78. The standard InChI is InChI=1S/C21H24BrN5O/c1-23-21(24-13-17-15-27-14-16(22)7-8-20(27)25-17)26-11-9-19(10-12-26)28-18-5-3-2-4-6-18/h2-8,14-15,19H,9-13H2,1H3,(H,23,24). The molecule has 1 N–H and O–H groups in total. The maximum Gasteiger partial charge on any atom is 0.193 e. The fourth-order valence-electron chi connectivity index (χ4n) is 3.48. The number of piperidine rings is 1. The smallest absolute Gasteiger partial charge is 0.193 e. The Bertz CT molecular complexity index is 948. The van der Waals surface area contributed by atoms with Crippen LogP contribution in [0.3, 0.4) is 0 Å². The van der Waals surface area contributed by atoms with Gasteiger partial charge < -0.3 is 19.4 Å². The van der Waals surface area contributed by atoms with Gasteiger partial charge in [0.1, 0.15) is 17.5 Å². The van der Waals surface area contributed by atoms with E-state index in [1.807, 2.05) is 66.3 Å². The third-order valence-electron chi connectivity index (χ3n) is 4.89. The zero-order valence-electron chi connectivity index (χ0n) is 15.9. The number of halogens is 1. The van der Waals surface area contributed by atoms with Gasteiger partial charge in [-0.1, -0.05) is 18.2 Å². The molecule has 28 heavy (non-hydrogen) atoms. The van der Waals surface area contributed by atoms with Crippen molar-refractivity contribution in [2.24, 2.45) is 4.99 Å². The van der Waals surface area contributed by atoms with E-state index < -0.39 is 0 Å². The van der Waals surface area contributed by atoms with E-state index in [4.69, 9.17) is 4.74 Å². The Kier molecular flexibility index (Phi) is 5.81. The highest BCUT2D eigenvalue weighted by Crippen LogP contribution is 2.19. The number of imidazole rings is 1. The molecule has 0 atom stereocenters. The van der Waals surface area contributed by atoms with Crippen molar-refractivity contribution in [2.45, 2.75) is 25.5 Å². The molecule has 0 radical (unpaired) electrons. The summed E-state index contributed by atoms with van der Waals surface area (Å²) in [5, 5.41) is 3.44. The van der Waals surface area contributed by atoms with Crippen molar-refractivity contribution in [3.8, 4) is 5.75 Å². The van der Waals surface area contributed by atoms with Crippen LogP contribution in [0.5, 0.6) is 5.75 Å². The highest BCUT2D eigenvalue weighted by atomic mass is 79.9. The summed E-state index contributed by atoms with van der Waals surface area (Å²) in [7, 11) is 1.83. The van der Waals surface area contributed by atoms with Gasteiger partial charge in [0.05, 0.1) is 12.2 Å². The Balaban J connectivity index is 1.31. The number of benzene rings is 1. The number of nitrogens with zero attached hydrogens (tertiary/aromatic N) is 4. The first kappa shape index (κ1) is 18.8. The van der Waals surface area contributed by atoms with Crippen molar-refractivity contribution in [2.75, 3.05) is 20.1 Å². The average molecular weight is 442 g/mol. The number of hydrogen-bond donors (Lipinski definition) is 1. The minimum Gasteiger partial charge on any atom is -0.490 e. The van der Waals surface area contributed by atoms with E-state index in [0.29, 0.717) is 6.54 Å². The van der Waals surface area contributed by atoms with Gasteiger partial charge in [0.2, 0.25) is 0 Å². The summed E-state index contributed by atoms with van der Waals surface area (Å²) in [6.07, 6.45) is 6.28. The lowest BCUT2D eigenvalue weighted by molar-refractivity contribution is 0.129. The molecule has 4 rings (SSSR count). The molecule has 1 aliphatic rings. The maximum atomic E-state index is 6.09. The Morgan fingerprint density at radius 1 is 1.18 bits per heavy atom. The zero-order valence-corrected chi connectivity index (χ0v) is 17.5. The second-order valence-electron chi connectivity index (χ2n) is 6.86. The number of fused-ring (bicyclic) bond motifs is 1. The number of ether oxygens (including phenoxy) is 1. The molecule has 2 aromatic heterocycles. The molecule has 1 aromatic carbocycles. The van der Waals surface area contributed by atoms with Crippen LogP contribution < -0.4 is 10.1 Å². The lowest BCUT2D eigenvalue weighted by Crippen LogP contribution is -2.47. The monoisotopic (exact) mass is 441 g/mol. The van der Waals surface area contributed by atoms with Crippen molar-refractivity contribution in [3.63, 3.8) is 0 Å². The number of aliphatic imine (C=N–C) groups is 1. The molecule has 7 heteroatoms. The third-order valence-corrected chi connectivity index (χ3v) is 5.36. The normalized spacial score (nSPS) is 15.8. The largest absolute Gasteiger partial charge is 0.490 e. The van der Waals surface area contributed by atoms with Crippen LogP contribution in [0.2, 0.25) is 0 Å². The Hall–Kier alpha value is -2.54. The lowest BCUT2D eigenvalue weighted by atomic mass is 10.1. The van der Waals surface area contributed by atoms with Crippen molar-refractivity contribution >= 4 is 27.5 Å². The molecule has 0 bridgehead atoms. The Morgan fingerprint density at radius 3 is 2.71 bits per heavy atom. The molecule has 0 amide bonds. The van der Waals surface area contributed by atoms with E-state index in [9.17, 15) is 0 Å². The molecule has 3 heterocycles. The van der Waals surface area contributed by atoms with E-state index in [-0.39, 0.29) is 6.10 Å². The van der Waals surface area contributed by atoms with Crippen LogP contribution in [-0.2, 0) is 6.54 Å². The zero-order chi connectivity index (χ0) is 19.3. The van der Waals surface area contributed by atoms with Crippen molar-refractivity contribution in [3.05, 3.63) is 65.0 Å². The van der Waals surface area contributed by atoms with Gasteiger partial charge in [-0.25, -0.2) is 4.98 Å². The van der Waals surface area contributed by atoms with E-state index in [1.54, 1.807) is 0 Å². The first-order valence-corrected chi connectivity index (χ1v) is 10.3. The maximum absolute atomic E-state index is 6.09. The number of para-hydroxylation sites is 1. The van der Waals surface area contributed by atoms with Crippen molar-refractivity contribution in [1.29, 1.82) is 0 Å². The second kappa shape index (κ2) is 8.65. The molecule has 1 saturated heterocycles. The van der Waals surface area contributed by atoms with Crippen LogP contribution in [0.25, 0.3) is 5.65 Å². The van der Waals surface area contributed by atoms with Crippen LogP contribution in [0.4, 0.5) is 0 Å². The van der Waals surface area contributed by atoms with Crippen LogP contribution in [-0.4, -0.2) is 46.5 Å². The number of rotatable bonds is 4. The Morgan fingerprint density at radius 2 is 1.96 bits per heavy atom. The number of hydrogen-bond acceptors (Lipinski definition) is 3. The fraction of sp³-hybridized carbons (Fsp3) is 0.333. The molecule has 0 spiro atoms. The van der Waals surface area contributed by atoms with Gasteiger partial charge in [-0.05, 0) is 40.2 Å². The number of nitrogens with one attached hydrogen (secondary N) is 1. The van der Waals surface area contributed by atoms with Crippen LogP contribution in [0.15, 0.2) is 64.3 Å². The summed E-state index contributed by atoms with van der Waals surface area (Å²) in [5.74, 6) is 1.86. The molecule has 0 unspecified atom stereocenters. The summed E-state index contributed by atoms with van der Waals surface area (Å²) in [4.78, 5) is 11.4. The third kappa shape index (κ3) is 4.47. The van der Waals surface area contributed by atoms with Gasteiger partial charge in [-0.3, -0.25) is 4.99 Å². The SMILES string of the molecule is CN=C(NCc1cn2cc(Br)ccc2n1)N1CCC(Oc2ccccc2)CC1. The van der Waals surface area contributed by atoms with Crippen LogP contribution in [0.1, 0.15) is 18.5 Å². The molecule has 6 nitrogen and oxygen atoms in total. The van der Waals surface area contributed by atoms with Gasteiger partial charge in [0.15, 0.2) is 5.96 Å². The van der Waals surface area contributed by atoms with Gasteiger partial charge in [0.25, 0.3) is 0 Å². The molecular formula is C21H24BrN5O. The molecule has 1 fully saturated rings.